The van der Waals surface area contributed by atoms with Crippen LogP contribution in [0.2, 0.25) is 0 Å². The maximum Gasteiger partial charge on any atom is 0.405 e. The van der Waals surface area contributed by atoms with Crippen molar-refractivity contribution in [1.29, 1.82) is 0 Å². The predicted molar refractivity (Wildman–Crippen MR) is 60.4 cm³/mol. The Kier molecular flexibility index (Phi) is 3.85. The van der Waals surface area contributed by atoms with Crippen molar-refractivity contribution in [2.75, 3.05) is 11.9 Å². The smallest absolute Gasteiger partial charge is 0.372 e. The Labute approximate surface area is 97.3 Å². The van der Waals surface area contributed by atoms with E-state index < -0.39 is 18.3 Å². The number of aromatic nitrogens is 1. The van der Waals surface area contributed by atoms with Crippen LogP contribution in [0.4, 0.5) is 18.9 Å². The molecule has 1 N–H and O–H groups in total. The number of hydrogen-bond donors (Lipinski definition) is 1. The lowest BCUT2D eigenvalue weighted by Crippen LogP contribution is -2.29. The molecule has 1 aromatic heterocycles. The van der Waals surface area contributed by atoms with Gasteiger partial charge in [0.25, 0.3) is 5.56 Å². The van der Waals surface area contributed by atoms with Gasteiger partial charge < -0.3 is 9.88 Å². The molecule has 6 heteroatoms. The van der Waals surface area contributed by atoms with E-state index in [9.17, 15) is 18.0 Å². The maximum atomic E-state index is 12.1. The van der Waals surface area contributed by atoms with E-state index in [0.29, 0.717) is 5.56 Å². The van der Waals surface area contributed by atoms with Crippen molar-refractivity contribution < 1.29 is 13.2 Å². The second-order valence-electron chi connectivity index (χ2n) is 4.15. The van der Waals surface area contributed by atoms with Crippen LogP contribution >= 0.6 is 0 Å². The normalized spacial score (nSPS) is 11.9. The molecule has 17 heavy (non-hydrogen) atoms. The lowest BCUT2D eigenvalue weighted by Gasteiger charge is -2.15. The van der Waals surface area contributed by atoms with Crippen molar-refractivity contribution in [1.82, 2.24) is 4.57 Å². The predicted octanol–water partition coefficient (Wildman–Crippen LogP) is 2.71. The Morgan fingerprint density at radius 2 is 2.00 bits per heavy atom. The molecule has 0 spiro atoms. The van der Waals surface area contributed by atoms with E-state index in [1.54, 1.807) is 33.0 Å². The number of alkyl halides is 3. The van der Waals surface area contributed by atoms with Crippen molar-refractivity contribution in [2.45, 2.75) is 33.0 Å². The molecule has 1 aromatic rings. The Bertz CT molecular complexity index is 449. The minimum absolute atomic E-state index is 0.0125. The van der Waals surface area contributed by atoms with E-state index >= 15 is 0 Å². The molecule has 0 unspecified atom stereocenters. The minimum Gasteiger partial charge on any atom is -0.372 e. The van der Waals surface area contributed by atoms with Crippen molar-refractivity contribution in [3.8, 4) is 0 Å². The molecule has 0 fully saturated rings. The van der Waals surface area contributed by atoms with Gasteiger partial charge in [-0.25, -0.2) is 0 Å². The highest BCUT2D eigenvalue weighted by Gasteiger charge is 2.27. The summed E-state index contributed by atoms with van der Waals surface area (Å²) in [5, 5.41) is 2.16. The van der Waals surface area contributed by atoms with Gasteiger partial charge in [0, 0.05) is 12.2 Å². The van der Waals surface area contributed by atoms with Crippen molar-refractivity contribution in [3.05, 3.63) is 28.2 Å². The molecule has 0 bridgehead atoms. The van der Waals surface area contributed by atoms with Crippen molar-refractivity contribution in [3.63, 3.8) is 0 Å². The largest absolute Gasteiger partial charge is 0.405 e. The van der Waals surface area contributed by atoms with Crippen LogP contribution in [0, 0.1) is 6.92 Å². The van der Waals surface area contributed by atoms with Crippen LogP contribution in [0.15, 0.2) is 17.1 Å². The van der Waals surface area contributed by atoms with E-state index in [4.69, 9.17) is 0 Å². The number of halogens is 3. The summed E-state index contributed by atoms with van der Waals surface area (Å²) in [4.78, 5) is 11.9. The third-order valence-corrected chi connectivity index (χ3v) is 2.35. The molecule has 1 rings (SSSR count). The van der Waals surface area contributed by atoms with Gasteiger partial charge in [0.1, 0.15) is 12.2 Å². The summed E-state index contributed by atoms with van der Waals surface area (Å²) in [6, 6.07) is 1.54. The molecule has 0 aliphatic heterocycles. The quantitative estimate of drug-likeness (QED) is 0.892. The first-order valence-electron chi connectivity index (χ1n) is 5.24. The Morgan fingerprint density at radius 3 is 2.47 bits per heavy atom. The molecular weight excluding hydrogens is 233 g/mol. The van der Waals surface area contributed by atoms with Gasteiger partial charge in [-0.15, -0.1) is 0 Å². The Hall–Kier alpha value is -1.46. The fraction of sp³-hybridized carbons (Fsp3) is 0.545. The maximum absolute atomic E-state index is 12.1. The van der Waals surface area contributed by atoms with E-state index in [1.165, 1.54) is 4.57 Å². The summed E-state index contributed by atoms with van der Waals surface area (Å²) >= 11 is 0. The molecule has 0 saturated heterocycles. The van der Waals surface area contributed by atoms with E-state index in [-0.39, 0.29) is 11.7 Å². The van der Waals surface area contributed by atoms with Crippen LogP contribution in [0.5, 0.6) is 0 Å². The van der Waals surface area contributed by atoms with Crippen LogP contribution in [0.1, 0.15) is 25.5 Å². The average Bonchev–Trinajstić information content (AvgIpc) is 2.14. The molecule has 0 amide bonds. The number of anilines is 1. The summed E-state index contributed by atoms with van der Waals surface area (Å²) in [5.41, 5.74) is 0.0962. The van der Waals surface area contributed by atoms with Crippen molar-refractivity contribution in [2.24, 2.45) is 0 Å². The first-order chi connectivity index (χ1) is 7.72. The molecule has 1 heterocycles. The zero-order valence-electron chi connectivity index (χ0n) is 9.93. The highest BCUT2D eigenvalue weighted by Crippen LogP contribution is 2.17. The monoisotopic (exact) mass is 248 g/mol. The second kappa shape index (κ2) is 4.81. The molecule has 0 aliphatic rings. The van der Waals surface area contributed by atoms with Gasteiger partial charge >= 0.3 is 6.18 Å². The summed E-state index contributed by atoms with van der Waals surface area (Å²) in [5.74, 6) is 0. The van der Waals surface area contributed by atoms with Crippen LogP contribution in [-0.4, -0.2) is 17.3 Å². The summed E-state index contributed by atoms with van der Waals surface area (Å²) < 4.78 is 37.7. The number of hydrogen-bond acceptors (Lipinski definition) is 2. The molecule has 96 valence electrons. The van der Waals surface area contributed by atoms with Gasteiger partial charge in [0.15, 0.2) is 0 Å². The lowest BCUT2D eigenvalue weighted by molar-refractivity contribution is -0.115. The molecule has 3 nitrogen and oxygen atoms in total. The van der Waals surface area contributed by atoms with Gasteiger partial charge in [0.2, 0.25) is 0 Å². The Morgan fingerprint density at radius 1 is 1.41 bits per heavy atom. The van der Waals surface area contributed by atoms with Gasteiger partial charge in [-0.1, -0.05) is 0 Å². The number of pyridine rings is 1. The molecule has 0 atom stereocenters. The van der Waals surface area contributed by atoms with E-state index in [2.05, 4.69) is 5.32 Å². The number of nitrogens with zero attached hydrogens (tertiary/aromatic N) is 1. The zero-order valence-corrected chi connectivity index (χ0v) is 9.93. The molecule has 0 saturated carbocycles. The summed E-state index contributed by atoms with van der Waals surface area (Å²) in [7, 11) is 0. The molecular formula is C11H15F3N2O. The topological polar surface area (TPSA) is 34.0 Å². The van der Waals surface area contributed by atoms with Crippen molar-refractivity contribution >= 4 is 5.69 Å². The highest BCUT2D eigenvalue weighted by atomic mass is 19.4. The SMILES string of the molecule is Cc1ccn(C(C)C)c(=O)c1NCC(F)(F)F. The van der Waals surface area contributed by atoms with Crippen LogP contribution in [0.25, 0.3) is 0 Å². The second-order valence-corrected chi connectivity index (χ2v) is 4.15. The molecule has 0 aromatic carbocycles. The third-order valence-electron chi connectivity index (χ3n) is 2.35. The van der Waals surface area contributed by atoms with E-state index in [1.807, 2.05) is 0 Å². The molecule has 0 radical (unpaired) electrons. The zero-order chi connectivity index (χ0) is 13.2. The van der Waals surface area contributed by atoms with Gasteiger partial charge in [-0.2, -0.15) is 13.2 Å². The van der Waals surface area contributed by atoms with E-state index in [0.717, 1.165) is 0 Å². The standard InChI is InChI=1S/C11H15F3N2O/c1-7(2)16-5-4-8(3)9(10(16)17)15-6-11(12,13)14/h4-5,7,15H,6H2,1-3H3. The third kappa shape index (κ3) is 3.51. The van der Waals surface area contributed by atoms with Gasteiger partial charge in [-0.05, 0) is 32.4 Å². The van der Waals surface area contributed by atoms with Crippen LogP contribution < -0.4 is 10.9 Å². The Balaban J connectivity index is 3.07. The fourth-order valence-corrected chi connectivity index (χ4v) is 1.45. The minimum atomic E-state index is -4.34. The van der Waals surface area contributed by atoms with Crippen LogP contribution in [-0.2, 0) is 0 Å². The highest BCUT2D eigenvalue weighted by molar-refractivity contribution is 5.48. The fourth-order valence-electron chi connectivity index (χ4n) is 1.45. The first kappa shape index (κ1) is 13.6. The average molecular weight is 248 g/mol. The van der Waals surface area contributed by atoms with Gasteiger partial charge in [0.05, 0.1) is 0 Å². The number of rotatable bonds is 3. The number of aryl methyl sites for hydroxylation is 1. The van der Waals surface area contributed by atoms with Crippen LogP contribution in [0.3, 0.4) is 0 Å². The molecule has 0 aliphatic carbocycles. The summed E-state index contributed by atoms with van der Waals surface area (Å²) in [6.07, 6.45) is -2.75. The first-order valence-corrected chi connectivity index (χ1v) is 5.24. The van der Waals surface area contributed by atoms with Gasteiger partial charge in [-0.3, -0.25) is 4.79 Å². The summed E-state index contributed by atoms with van der Waals surface area (Å²) in [6.45, 7) is 3.99. The lowest BCUT2D eigenvalue weighted by atomic mass is 10.2. The number of nitrogens with one attached hydrogen (secondary N) is 1.